The first kappa shape index (κ1) is 22.9. The molecule has 0 aliphatic carbocycles. The molecular formula is C20H21Cl3N2O2S. The second-order valence-electron chi connectivity index (χ2n) is 6.08. The number of halogens is 3. The molecule has 0 fully saturated rings. The molecular weight excluding hydrogens is 439 g/mol. The van der Waals surface area contributed by atoms with Gasteiger partial charge < -0.3 is 10.2 Å². The fourth-order valence-electron chi connectivity index (χ4n) is 2.50. The lowest BCUT2D eigenvalue weighted by molar-refractivity contribution is -0.138. The molecule has 0 aliphatic heterocycles. The van der Waals surface area contributed by atoms with Gasteiger partial charge in [0.05, 0.1) is 15.8 Å². The van der Waals surface area contributed by atoms with Crippen LogP contribution in [0, 0.1) is 0 Å². The quantitative estimate of drug-likeness (QED) is 0.545. The van der Waals surface area contributed by atoms with Crippen LogP contribution in [0.1, 0.15) is 19.4 Å². The van der Waals surface area contributed by atoms with Crippen LogP contribution < -0.4 is 5.32 Å². The number of hydrogen-bond acceptors (Lipinski definition) is 3. The minimum atomic E-state index is -0.618. The number of amides is 2. The fraction of sp³-hybridized carbons (Fsp3) is 0.300. The third-order valence-electron chi connectivity index (χ3n) is 4.03. The number of benzene rings is 2. The van der Waals surface area contributed by atoms with Gasteiger partial charge in [-0.25, -0.2) is 0 Å². The van der Waals surface area contributed by atoms with Gasteiger partial charge in [0.2, 0.25) is 11.8 Å². The Balaban J connectivity index is 2.15. The van der Waals surface area contributed by atoms with Crippen LogP contribution in [-0.2, 0) is 16.1 Å². The van der Waals surface area contributed by atoms with Gasteiger partial charge in [0.15, 0.2) is 0 Å². The number of hydrogen-bond donors (Lipinski definition) is 1. The Morgan fingerprint density at radius 3 is 2.36 bits per heavy atom. The highest BCUT2D eigenvalue weighted by Crippen LogP contribution is 2.25. The van der Waals surface area contributed by atoms with Crippen molar-refractivity contribution in [1.82, 2.24) is 10.2 Å². The van der Waals surface area contributed by atoms with E-state index in [9.17, 15) is 9.59 Å². The number of carbonyl (C=O) groups excluding carboxylic acids is 2. The summed E-state index contributed by atoms with van der Waals surface area (Å²) in [5.41, 5.74) is 0.801. The van der Waals surface area contributed by atoms with Gasteiger partial charge in [-0.2, -0.15) is 0 Å². The maximum Gasteiger partial charge on any atom is 0.242 e. The maximum absolute atomic E-state index is 12.9. The molecule has 0 spiro atoms. The summed E-state index contributed by atoms with van der Waals surface area (Å²) in [5, 5.41) is 4.26. The third kappa shape index (κ3) is 6.59. The number of nitrogens with one attached hydrogen (secondary N) is 1. The van der Waals surface area contributed by atoms with Crippen molar-refractivity contribution >= 4 is 58.4 Å². The van der Waals surface area contributed by atoms with E-state index in [0.717, 1.165) is 10.5 Å². The number of likely N-dealkylation sites (N-methyl/N-ethyl adjacent to an activating group) is 1. The predicted octanol–water partition coefficient (Wildman–Crippen LogP) is 5.29. The van der Waals surface area contributed by atoms with E-state index in [2.05, 4.69) is 5.32 Å². The number of thioether (sulfide) groups is 1. The SMILES string of the molecule is CCNC(=O)[C@@H](C)N(Cc1ccc(Cl)c(Cl)c1)C(=O)CSc1ccc(Cl)cc1. The maximum atomic E-state index is 12.9. The minimum absolute atomic E-state index is 0.148. The van der Waals surface area contributed by atoms with E-state index >= 15 is 0 Å². The zero-order chi connectivity index (χ0) is 20.7. The standard InChI is InChI=1S/C20H21Cl3N2O2S/c1-3-24-20(27)13(2)25(11-14-4-9-17(22)18(23)10-14)19(26)12-28-16-7-5-15(21)6-8-16/h4-10,13H,3,11-12H2,1-2H3,(H,24,27)/t13-/m1/s1. The van der Waals surface area contributed by atoms with Crippen molar-refractivity contribution < 1.29 is 9.59 Å². The first-order valence-corrected chi connectivity index (χ1v) is 10.8. The Bertz CT molecular complexity index is 831. The summed E-state index contributed by atoms with van der Waals surface area (Å²) in [6.07, 6.45) is 0. The highest BCUT2D eigenvalue weighted by Gasteiger charge is 2.26. The Labute approximate surface area is 184 Å². The molecule has 2 aromatic carbocycles. The third-order valence-corrected chi connectivity index (χ3v) is 6.02. The zero-order valence-electron chi connectivity index (χ0n) is 15.5. The molecule has 0 saturated carbocycles. The Hall–Kier alpha value is -1.40. The highest BCUT2D eigenvalue weighted by molar-refractivity contribution is 8.00. The molecule has 1 atom stereocenters. The van der Waals surface area contributed by atoms with E-state index in [1.165, 1.54) is 11.8 Å². The molecule has 2 amide bonds. The largest absolute Gasteiger partial charge is 0.355 e. The van der Waals surface area contributed by atoms with Crippen molar-refractivity contribution in [3.63, 3.8) is 0 Å². The summed E-state index contributed by atoms with van der Waals surface area (Å²) in [6.45, 7) is 4.31. The Morgan fingerprint density at radius 1 is 1.07 bits per heavy atom. The average molecular weight is 460 g/mol. The fourth-order valence-corrected chi connectivity index (χ4v) is 3.73. The van der Waals surface area contributed by atoms with Crippen LogP contribution >= 0.6 is 46.6 Å². The van der Waals surface area contributed by atoms with Crippen molar-refractivity contribution in [2.24, 2.45) is 0 Å². The lowest BCUT2D eigenvalue weighted by atomic mass is 10.1. The van der Waals surface area contributed by atoms with Gasteiger partial charge in [-0.05, 0) is 55.8 Å². The molecule has 1 N–H and O–H groups in total. The van der Waals surface area contributed by atoms with E-state index in [-0.39, 0.29) is 24.1 Å². The average Bonchev–Trinajstić information content (AvgIpc) is 2.67. The number of nitrogens with zero attached hydrogens (tertiary/aromatic N) is 1. The normalized spacial score (nSPS) is 11.8. The molecule has 0 aromatic heterocycles. The van der Waals surface area contributed by atoms with Gasteiger partial charge in [-0.1, -0.05) is 40.9 Å². The molecule has 8 heteroatoms. The molecule has 0 bridgehead atoms. The van der Waals surface area contributed by atoms with Crippen LogP contribution in [-0.4, -0.2) is 35.1 Å². The molecule has 0 aliphatic rings. The van der Waals surface area contributed by atoms with Crippen molar-refractivity contribution in [2.45, 2.75) is 31.3 Å². The van der Waals surface area contributed by atoms with E-state index in [4.69, 9.17) is 34.8 Å². The van der Waals surface area contributed by atoms with Gasteiger partial charge in [0.25, 0.3) is 0 Å². The molecule has 4 nitrogen and oxygen atoms in total. The van der Waals surface area contributed by atoms with Crippen LogP contribution in [0.3, 0.4) is 0 Å². The minimum Gasteiger partial charge on any atom is -0.355 e. The lowest BCUT2D eigenvalue weighted by Crippen LogP contribution is -2.48. The van der Waals surface area contributed by atoms with Gasteiger partial charge in [0, 0.05) is 23.0 Å². The van der Waals surface area contributed by atoms with Crippen LogP contribution in [0.2, 0.25) is 15.1 Å². The Morgan fingerprint density at radius 2 is 1.75 bits per heavy atom. The first-order valence-electron chi connectivity index (χ1n) is 8.71. The van der Waals surface area contributed by atoms with Crippen LogP contribution in [0.4, 0.5) is 0 Å². The summed E-state index contributed by atoms with van der Waals surface area (Å²) < 4.78 is 0. The van der Waals surface area contributed by atoms with Gasteiger partial charge in [-0.15, -0.1) is 11.8 Å². The summed E-state index contributed by atoms with van der Waals surface area (Å²) in [4.78, 5) is 27.7. The molecule has 28 heavy (non-hydrogen) atoms. The monoisotopic (exact) mass is 458 g/mol. The van der Waals surface area contributed by atoms with E-state index in [1.54, 1.807) is 42.2 Å². The second-order valence-corrected chi connectivity index (χ2v) is 8.38. The number of rotatable bonds is 8. The summed E-state index contributed by atoms with van der Waals surface area (Å²) >= 11 is 19.4. The smallest absolute Gasteiger partial charge is 0.242 e. The van der Waals surface area contributed by atoms with E-state index in [0.29, 0.717) is 21.6 Å². The first-order chi connectivity index (χ1) is 13.3. The molecule has 0 heterocycles. The van der Waals surface area contributed by atoms with Crippen LogP contribution in [0.5, 0.6) is 0 Å². The summed E-state index contributed by atoms with van der Waals surface area (Å²) in [6, 6.07) is 11.8. The van der Waals surface area contributed by atoms with Crippen molar-refractivity contribution in [3.8, 4) is 0 Å². The second kappa shape index (κ2) is 11.0. The number of carbonyl (C=O) groups is 2. The molecule has 0 saturated heterocycles. The molecule has 2 aromatic rings. The zero-order valence-corrected chi connectivity index (χ0v) is 18.6. The van der Waals surface area contributed by atoms with Crippen molar-refractivity contribution in [2.75, 3.05) is 12.3 Å². The highest BCUT2D eigenvalue weighted by atomic mass is 35.5. The predicted molar refractivity (Wildman–Crippen MR) is 117 cm³/mol. The van der Waals surface area contributed by atoms with Gasteiger partial charge in [0.1, 0.15) is 6.04 Å². The Kier molecular flexibility index (Phi) is 8.96. The molecule has 0 radical (unpaired) electrons. The molecule has 0 unspecified atom stereocenters. The summed E-state index contributed by atoms with van der Waals surface area (Å²) in [5.74, 6) is -0.149. The van der Waals surface area contributed by atoms with Gasteiger partial charge in [-0.3, -0.25) is 9.59 Å². The van der Waals surface area contributed by atoms with Crippen LogP contribution in [0.25, 0.3) is 0 Å². The van der Waals surface area contributed by atoms with Crippen molar-refractivity contribution in [3.05, 3.63) is 63.1 Å². The van der Waals surface area contributed by atoms with Crippen LogP contribution in [0.15, 0.2) is 47.4 Å². The topological polar surface area (TPSA) is 49.4 Å². The van der Waals surface area contributed by atoms with Crippen molar-refractivity contribution in [1.29, 1.82) is 0 Å². The molecule has 2 rings (SSSR count). The lowest BCUT2D eigenvalue weighted by Gasteiger charge is -2.28. The van der Waals surface area contributed by atoms with Gasteiger partial charge >= 0.3 is 0 Å². The van der Waals surface area contributed by atoms with E-state index in [1.807, 2.05) is 19.1 Å². The van der Waals surface area contributed by atoms with E-state index < -0.39 is 6.04 Å². The molecule has 150 valence electrons. The summed E-state index contributed by atoms with van der Waals surface area (Å²) in [7, 11) is 0.